The highest BCUT2D eigenvalue weighted by Gasteiger charge is 2.56. The molecule has 2 unspecified atom stereocenters. The Kier molecular flexibility index (Phi) is 5.38. The first-order valence-corrected chi connectivity index (χ1v) is 13.3. The first-order chi connectivity index (χ1) is 16.7. The highest BCUT2D eigenvalue weighted by Crippen LogP contribution is 2.48. The number of pyridine rings is 1. The van der Waals surface area contributed by atoms with Crippen LogP contribution in [0.25, 0.3) is 10.9 Å². The minimum Gasteiger partial charge on any atom is -0.399 e. The lowest BCUT2D eigenvalue weighted by Crippen LogP contribution is -2.47. The number of aryl methyl sites for hydroxylation is 1. The van der Waals surface area contributed by atoms with Crippen LogP contribution in [-0.4, -0.2) is 50.2 Å². The molecule has 0 saturated carbocycles. The number of aromatic nitrogens is 4. The van der Waals surface area contributed by atoms with E-state index in [0.29, 0.717) is 11.0 Å². The first kappa shape index (κ1) is 24.8. The van der Waals surface area contributed by atoms with Gasteiger partial charge in [-0.3, -0.25) is 9.48 Å². The standard InChI is InChI=1S/C25H31BN4O5S/c1-16-12-19(26-34-23(2,3)24(4,5)35-26)13-20(18-14-28-29(7)15-18)25(16,6)36(32,33)30-11-9-17-8-10-27-22(31)21(17)30/h8-15,20H,1-7H3,(H,27,31). The SMILES string of the molecule is CC1=CC(B2OC(C)(C)C(C)(C)O2)=CC(c2cnn(C)c2)C1(C)S(=O)(=O)n1ccc2cc[nH]c(=O)c21. The van der Waals surface area contributed by atoms with Gasteiger partial charge in [0.2, 0.25) is 10.0 Å². The smallest absolute Gasteiger partial charge is 0.399 e. The molecule has 1 aliphatic heterocycles. The predicted molar refractivity (Wildman–Crippen MR) is 139 cm³/mol. The first-order valence-electron chi connectivity index (χ1n) is 11.9. The normalized spacial score (nSPS) is 25.8. The summed E-state index contributed by atoms with van der Waals surface area (Å²) in [5.74, 6) is -0.615. The van der Waals surface area contributed by atoms with Gasteiger partial charge in [0.25, 0.3) is 5.56 Å². The average molecular weight is 510 g/mol. The van der Waals surface area contributed by atoms with Gasteiger partial charge < -0.3 is 14.3 Å². The maximum atomic E-state index is 14.4. The fourth-order valence-corrected chi connectivity index (χ4v) is 7.07. The fourth-order valence-electron chi connectivity index (χ4n) is 5.02. The Morgan fingerprint density at radius 2 is 1.78 bits per heavy atom. The predicted octanol–water partition coefficient (Wildman–Crippen LogP) is 3.30. The van der Waals surface area contributed by atoms with E-state index in [1.54, 1.807) is 43.9 Å². The van der Waals surface area contributed by atoms with Crippen LogP contribution < -0.4 is 5.56 Å². The van der Waals surface area contributed by atoms with E-state index in [0.717, 1.165) is 15.0 Å². The van der Waals surface area contributed by atoms with Gasteiger partial charge in [0.1, 0.15) is 10.3 Å². The van der Waals surface area contributed by atoms with Crippen molar-refractivity contribution in [2.45, 2.75) is 63.4 Å². The van der Waals surface area contributed by atoms with E-state index in [-0.39, 0.29) is 5.52 Å². The van der Waals surface area contributed by atoms with Gasteiger partial charge >= 0.3 is 7.12 Å². The van der Waals surface area contributed by atoms with Crippen molar-refractivity contribution < 1.29 is 17.7 Å². The molecule has 3 aromatic heterocycles. The zero-order valence-corrected chi connectivity index (χ0v) is 22.4. The van der Waals surface area contributed by atoms with Gasteiger partial charge in [-0.1, -0.05) is 17.7 Å². The molecule has 9 nitrogen and oxygen atoms in total. The Morgan fingerprint density at radius 3 is 2.39 bits per heavy atom. The molecular weight excluding hydrogens is 479 g/mol. The van der Waals surface area contributed by atoms with Crippen LogP contribution in [0, 0.1) is 0 Å². The van der Waals surface area contributed by atoms with Gasteiger partial charge in [-0.05, 0) is 64.7 Å². The zero-order chi connectivity index (χ0) is 26.3. The number of aromatic amines is 1. The second-order valence-electron chi connectivity index (χ2n) is 10.8. The van der Waals surface area contributed by atoms with Gasteiger partial charge in [0.15, 0.2) is 0 Å². The maximum absolute atomic E-state index is 14.4. The van der Waals surface area contributed by atoms with Crippen molar-refractivity contribution in [2.24, 2.45) is 7.05 Å². The molecule has 0 spiro atoms. The molecule has 36 heavy (non-hydrogen) atoms. The monoisotopic (exact) mass is 510 g/mol. The third-order valence-corrected chi connectivity index (χ3v) is 10.6. The van der Waals surface area contributed by atoms with Crippen molar-refractivity contribution in [1.82, 2.24) is 18.7 Å². The summed E-state index contributed by atoms with van der Waals surface area (Å²) in [6.07, 6.45) is 10.2. The molecular formula is C25H31BN4O5S. The number of allylic oxidation sites excluding steroid dienone is 3. The van der Waals surface area contributed by atoms with Crippen LogP contribution in [0.5, 0.6) is 0 Å². The third kappa shape index (κ3) is 3.40. The molecule has 1 fully saturated rings. The molecule has 0 amide bonds. The van der Waals surface area contributed by atoms with Crippen LogP contribution in [0.1, 0.15) is 53.0 Å². The van der Waals surface area contributed by atoms with E-state index < -0.39 is 44.6 Å². The van der Waals surface area contributed by atoms with Crippen molar-refractivity contribution in [2.75, 3.05) is 0 Å². The Morgan fingerprint density at radius 1 is 1.11 bits per heavy atom. The van der Waals surface area contributed by atoms with E-state index in [1.165, 1.54) is 12.4 Å². The molecule has 0 radical (unpaired) electrons. The lowest BCUT2D eigenvalue weighted by molar-refractivity contribution is 0.00578. The van der Waals surface area contributed by atoms with E-state index in [9.17, 15) is 13.2 Å². The molecule has 1 aliphatic carbocycles. The molecule has 0 aromatic carbocycles. The van der Waals surface area contributed by atoms with Gasteiger partial charge in [-0.25, -0.2) is 12.4 Å². The second kappa shape index (κ2) is 7.81. The van der Waals surface area contributed by atoms with E-state index in [1.807, 2.05) is 46.0 Å². The molecule has 4 heterocycles. The van der Waals surface area contributed by atoms with Gasteiger partial charge in [0, 0.05) is 36.9 Å². The maximum Gasteiger partial charge on any atom is 0.494 e. The van der Waals surface area contributed by atoms with Crippen LogP contribution in [0.4, 0.5) is 0 Å². The Balaban J connectivity index is 1.69. The summed E-state index contributed by atoms with van der Waals surface area (Å²) in [7, 11) is -2.99. The quantitative estimate of drug-likeness (QED) is 0.540. The fraction of sp³-hybridized carbons (Fsp3) is 0.440. The minimum absolute atomic E-state index is 0.0946. The molecule has 190 valence electrons. The Labute approximate surface area is 211 Å². The average Bonchev–Trinajstić information content (AvgIpc) is 3.46. The highest BCUT2D eigenvalue weighted by atomic mass is 32.2. The van der Waals surface area contributed by atoms with Gasteiger partial charge in [-0.15, -0.1) is 0 Å². The zero-order valence-electron chi connectivity index (χ0n) is 21.6. The highest BCUT2D eigenvalue weighted by molar-refractivity contribution is 7.91. The number of rotatable bonds is 4. The molecule has 3 aromatic rings. The second-order valence-corrected chi connectivity index (χ2v) is 13.0. The van der Waals surface area contributed by atoms with Crippen LogP contribution in [0.2, 0.25) is 0 Å². The third-order valence-electron chi connectivity index (χ3n) is 8.10. The summed E-state index contributed by atoms with van der Waals surface area (Å²) >= 11 is 0. The van der Waals surface area contributed by atoms with Crippen molar-refractivity contribution >= 4 is 28.0 Å². The molecule has 2 aliphatic rings. The Bertz CT molecular complexity index is 1580. The molecule has 11 heteroatoms. The number of nitrogens with zero attached hydrogens (tertiary/aromatic N) is 3. The van der Waals surface area contributed by atoms with Crippen molar-refractivity contribution in [1.29, 1.82) is 0 Å². The summed E-state index contributed by atoms with van der Waals surface area (Å²) in [5.41, 5.74) is 0.644. The number of hydrogen-bond acceptors (Lipinski definition) is 6. The molecule has 1 N–H and O–H groups in total. The van der Waals surface area contributed by atoms with E-state index in [4.69, 9.17) is 9.31 Å². The van der Waals surface area contributed by atoms with Crippen LogP contribution >= 0.6 is 0 Å². The molecule has 1 saturated heterocycles. The Hall–Kier alpha value is -2.89. The summed E-state index contributed by atoms with van der Waals surface area (Å²) in [5, 5.41) is 4.86. The van der Waals surface area contributed by atoms with E-state index >= 15 is 0 Å². The summed E-state index contributed by atoms with van der Waals surface area (Å²) in [4.78, 5) is 15.3. The molecule has 0 bridgehead atoms. The number of fused-ring (bicyclic) bond motifs is 1. The van der Waals surface area contributed by atoms with Crippen LogP contribution in [0.3, 0.4) is 0 Å². The molecule has 2 atom stereocenters. The topological polar surface area (TPSA) is 108 Å². The van der Waals surface area contributed by atoms with Crippen molar-refractivity contribution in [3.63, 3.8) is 0 Å². The number of hydrogen-bond donors (Lipinski definition) is 1. The van der Waals surface area contributed by atoms with Crippen LogP contribution in [-0.2, 0) is 26.4 Å². The van der Waals surface area contributed by atoms with Crippen LogP contribution in [0.15, 0.2) is 64.9 Å². The lowest BCUT2D eigenvalue weighted by Gasteiger charge is -2.39. The summed E-state index contributed by atoms with van der Waals surface area (Å²) in [6.45, 7) is 11.4. The van der Waals surface area contributed by atoms with Crippen molar-refractivity contribution in [3.05, 3.63) is 76.0 Å². The van der Waals surface area contributed by atoms with E-state index in [2.05, 4.69) is 10.1 Å². The number of H-pyrrole nitrogens is 1. The summed E-state index contributed by atoms with van der Waals surface area (Å²) in [6, 6.07) is 3.32. The lowest BCUT2D eigenvalue weighted by atomic mass is 9.68. The van der Waals surface area contributed by atoms with Gasteiger partial charge in [0.05, 0.1) is 17.4 Å². The number of nitrogens with one attached hydrogen (secondary N) is 1. The largest absolute Gasteiger partial charge is 0.494 e. The van der Waals surface area contributed by atoms with Gasteiger partial charge in [-0.2, -0.15) is 5.10 Å². The minimum atomic E-state index is -4.13. The summed E-state index contributed by atoms with van der Waals surface area (Å²) < 4.78 is 42.7. The van der Waals surface area contributed by atoms with Crippen molar-refractivity contribution in [3.8, 4) is 0 Å². The molecule has 5 rings (SSSR count).